The van der Waals surface area contributed by atoms with Crippen LogP contribution >= 0.6 is 0 Å². The van der Waals surface area contributed by atoms with Crippen molar-refractivity contribution in [3.8, 4) is 0 Å². The Labute approximate surface area is 106 Å². The SMILES string of the molecule is CCNS(=O)(=O)Nc1c[nH]c(C)c1C(=O)OCC. The Hall–Kier alpha value is -1.54. The van der Waals surface area contributed by atoms with Crippen molar-refractivity contribution >= 4 is 21.9 Å². The highest BCUT2D eigenvalue weighted by Crippen LogP contribution is 2.21. The largest absolute Gasteiger partial charge is 0.462 e. The first-order valence-corrected chi connectivity index (χ1v) is 7.02. The summed E-state index contributed by atoms with van der Waals surface area (Å²) in [5.74, 6) is -0.564. The third kappa shape index (κ3) is 3.47. The summed E-state index contributed by atoms with van der Waals surface area (Å²) in [7, 11) is -3.67. The van der Waals surface area contributed by atoms with Crippen molar-refractivity contribution in [2.45, 2.75) is 20.8 Å². The minimum absolute atomic E-state index is 0.173. The number of carbonyl (C=O) groups is 1. The summed E-state index contributed by atoms with van der Waals surface area (Å²) in [5, 5.41) is 0. The van der Waals surface area contributed by atoms with Gasteiger partial charge in [-0.2, -0.15) is 13.1 Å². The molecule has 0 fully saturated rings. The van der Waals surface area contributed by atoms with E-state index in [-0.39, 0.29) is 24.4 Å². The second kappa shape index (κ2) is 5.87. The van der Waals surface area contributed by atoms with Crippen molar-refractivity contribution in [2.75, 3.05) is 17.9 Å². The minimum atomic E-state index is -3.67. The summed E-state index contributed by atoms with van der Waals surface area (Å²) in [6.07, 6.45) is 1.41. The molecule has 18 heavy (non-hydrogen) atoms. The molecule has 3 N–H and O–H groups in total. The molecule has 0 spiro atoms. The molecule has 0 atom stereocenters. The maximum atomic E-state index is 11.7. The van der Waals surface area contributed by atoms with Gasteiger partial charge in [0.05, 0.1) is 12.3 Å². The van der Waals surface area contributed by atoms with Gasteiger partial charge >= 0.3 is 5.97 Å². The quantitative estimate of drug-likeness (QED) is 0.667. The van der Waals surface area contributed by atoms with Gasteiger partial charge in [0.2, 0.25) is 0 Å². The summed E-state index contributed by atoms with van der Waals surface area (Å²) in [4.78, 5) is 14.5. The van der Waals surface area contributed by atoms with E-state index in [2.05, 4.69) is 14.4 Å². The predicted octanol–water partition coefficient (Wildman–Crippen LogP) is 0.766. The molecular formula is C10H17N3O4S. The first-order valence-electron chi connectivity index (χ1n) is 5.53. The van der Waals surface area contributed by atoms with E-state index in [1.165, 1.54) is 6.20 Å². The zero-order chi connectivity index (χ0) is 13.8. The summed E-state index contributed by atoms with van der Waals surface area (Å²) in [5.41, 5.74) is 0.910. The lowest BCUT2D eigenvalue weighted by atomic mass is 10.2. The van der Waals surface area contributed by atoms with Crippen LogP contribution in [-0.4, -0.2) is 32.5 Å². The molecule has 0 amide bonds. The van der Waals surface area contributed by atoms with Crippen molar-refractivity contribution in [3.63, 3.8) is 0 Å². The van der Waals surface area contributed by atoms with Gasteiger partial charge in [0.15, 0.2) is 0 Å². The number of hydrogen-bond donors (Lipinski definition) is 3. The zero-order valence-electron chi connectivity index (χ0n) is 10.5. The molecule has 1 aromatic rings. The number of aromatic nitrogens is 1. The van der Waals surface area contributed by atoms with Gasteiger partial charge in [-0.25, -0.2) is 4.79 Å². The second-order valence-electron chi connectivity index (χ2n) is 3.53. The highest BCUT2D eigenvalue weighted by Gasteiger charge is 2.20. The van der Waals surface area contributed by atoms with Gasteiger partial charge < -0.3 is 9.72 Å². The Morgan fingerprint density at radius 2 is 2.11 bits per heavy atom. The van der Waals surface area contributed by atoms with Gasteiger partial charge in [-0.1, -0.05) is 6.92 Å². The summed E-state index contributed by atoms with van der Waals surface area (Å²) in [6, 6.07) is 0. The lowest BCUT2D eigenvalue weighted by Gasteiger charge is -2.08. The van der Waals surface area contributed by atoms with Crippen LogP contribution in [0.15, 0.2) is 6.20 Å². The molecule has 7 nitrogen and oxygen atoms in total. The van der Waals surface area contributed by atoms with E-state index < -0.39 is 16.2 Å². The van der Waals surface area contributed by atoms with Crippen LogP contribution in [0.5, 0.6) is 0 Å². The van der Waals surface area contributed by atoms with Crippen LogP contribution in [0, 0.1) is 6.92 Å². The van der Waals surface area contributed by atoms with Gasteiger partial charge in [0.25, 0.3) is 10.2 Å². The smallest absolute Gasteiger partial charge is 0.342 e. The Bertz CT molecular complexity index is 521. The van der Waals surface area contributed by atoms with Crippen molar-refractivity contribution in [1.29, 1.82) is 0 Å². The number of nitrogens with one attached hydrogen (secondary N) is 3. The topological polar surface area (TPSA) is 100 Å². The highest BCUT2D eigenvalue weighted by atomic mass is 32.2. The van der Waals surface area contributed by atoms with E-state index in [9.17, 15) is 13.2 Å². The van der Waals surface area contributed by atoms with E-state index in [0.717, 1.165) is 0 Å². The van der Waals surface area contributed by atoms with Gasteiger partial charge in [-0.15, -0.1) is 0 Å². The fourth-order valence-electron chi connectivity index (χ4n) is 1.44. The zero-order valence-corrected chi connectivity index (χ0v) is 11.3. The van der Waals surface area contributed by atoms with E-state index >= 15 is 0 Å². The Balaban J connectivity index is 3.01. The lowest BCUT2D eigenvalue weighted by Crippen LogP contribution is -2.30. The van der Waals surface area contributed by atoms with Crippen molar-refractivity contribution in [1.82, 2.24) is 9.71 Å². The molecule has 0 bridgehead atoms. The third-order valence-corrected chi connectivity index (χ3v) is 3.29. The highest BCUT2D eigenvalue weighted by molar-refractivity contribution is 7.90. The molecule has 1 aromatic heterocycles. The number of H-pyrrole nitrogens is 1. The molecule has 0 radical (unpaired) electrons. The van der Waals surface area contributed by atoms with Crippen molar-refractivity contribution in [3.05, 3.63) is 17.5 Å². The molecule has 8 heteroatoms. The normalized spacial score (nSPS) is 11.3. The molecule has 0 aliphatic heterocycles. The molecule has 0 unspecified atom stereocenters. The van der Waals surface area contributed by atoms with Gasteiger partial charge in [0.1, 0.15) is 5.56 Å². The van der Waals surface area contributed by atoms with Crippen LogP contribution in [0.4, 0.5) is 5.69 Å². The summed E-state index contributed by atoms with van der Waals surface area (Å²) >= 11 is 0. The number of aryl methyl sites for hydroxylation is 1. The first-order chi connectivity index (χ1) is 8.41. The lowest BCUT2D eigenvalue weighted by molar-refractivity contribution is 0.0527. The van der Waals surface area contributed by atoms with Crippen LogP contribution < -0.4 is 9.44 Å². The number of esters is 1. The predicted molar refractivity (Wildman–Crippen MR) is 67.7 cm³/mol. The van der Waals surface area contributed by atoms with Gasteiger partial charge in [0, 0.05) is 18.4 Å². The summed E-state index contributed by atoms with van der Waals surface area (Å²) < 4.78 is 32.5. The van der Waals surface area contributed by atoms with E-state index in [1.54, 1.807) is 20.8 Å². The molecule has 0 aliphatic rings. The van der Waals surface area contributed by atoms with Crippen LogP contribution in [0.25, 0.3) is 0 Å². The second-order valence-corrected chi connectivity index (χ2v) is 5.03. The minimum Gasteiger partial charge on any atom is -0.462 e. The number of rotatable bonds is 6. The number of anilines is 1. The van der Waals surface area contributed by atoms with E-state index in [1.807, 2.05) is 0 Å². The van der Waals surface area contributed by atoms with Crippen LogP contribution in [0.1, 0.15) is 29.9 Å². The van der Waals surface area contributed by atoms with Crippen molar-refractivity contribution < 1.29 is 17.9 Å². The standard InChI is InChI=1S/C10H17N3O4S/c1-4-12-18(15,16)13-8-6-11-7(3)9(8)10(14)17-5-2/h6,11-13H,4-5H2,1-3H3. The summed E-state index contributed by atoms with van der Waals surface area (Å²) in [6.45, 7) is 5.49. The first kappa shape index (κ1) is 14.5. The molecule has 0 aliphatic carbocycles. The Kier molecular flexibility index (Phi) is 4.74. The molecule has 102 valence electrons. The molecule has 0 aromatic carbocycles. The third-order valence-electron chi connectivity index (χ3n) is 2.14. The van der Waals surface area contributed by atoms with Crippen LogP contribution in [0.2, 0.25) is 0 Å². The molecule has 1 rings (SSSR count). The van der Waals surface area contributed by atoms with Gasteiger partial charge in [-0.3, -0.25) is 4.72 Å². The number of carbonyl (C=O) groups excluding carboxylic acids is 1. The van der Waals surface area contributed by atoms with E-state index in [0.29, 0.717) is 5.69 Å². The monoisotopic (exact) mass is 275 g/mol. The average Bonchev–Trinajstić information content (AvgIpc) is 2.59. The number of aromatic amines is 1. The van der Waals surface area contributed by atoms with Crippen LogP contribution in [-0.2, 0) is 14.9 Å². The fraction of sp³-hybridized carbons (Fsp3) is 0.500. The van der Waals surface area contributed by atoms with E-state index in [4.69, 9.17) is 4.74 Å². The maximum Gasteiger partial charge on any atom is 0.342 e. The molecular weight excluding hydrogens is 258 g/mol. The maximum absolute atomic E-state index is 11.7. The number of hydrogen-bond acceptors (Lipinski definition) is 4. The van der Waals surface area contributed by atoms with Crippen molar-refractivity contribution in [2.24, 2.45) is 0 Å². The molecule has 0 saturated carbocycles. The molecule has 0 saturated heterocycles. The number of ether oxygens (including phenoxy) is 1. The Morgan fingerprint density at radius 3 is 2.67 bits per heavy atom. The van der Waals surface area contributed by atoms with Crippen LogP contribution in [0.3, 0.4) is 0 Å². The van der Waals surface area contributed by atoms with Gasteiger partial charge in [-0.05, 0) is 13.8 Å². The fourth-order valence-corrected chi connectivity index (χ4v) is 2.35. The molecule has 1 heterocycles. The average molecular weight is 275 g/mol. The Morgan fingerprint density at radius 1 is 1.44 bits per heavy atom.